The summed E-state index contributed by atoms with van der Waals surface area (Å²) < 4.78 is 10.7. The summed E-state index contributed by atoms with van der Waals surface area (Å²) in [5.74, 6) is 14.6. The van der Waals surface area contributed by atoms with E-state index in [9.17, 15) is 0 Å². The van der Waals surface area contributed by atoms with E-state index in [0.717, 1.165) is 96.1 Å². The molecule has 0 radical (unpaired) electrons. The third kappa shape index (κ3) is 25.8. The molecular weight excluding hydrogens is 705 g/mol. The highest BCUT2D eigenvalue weighted by Crippen LogP contribution is 2.35. The Morgan fingerprint density at radius 1 is 0.466 bits per heavy atom. The predicted octanol–water partition coefficient (Wildman–Crippen LogP) is 17.9. The van der Waals surface area contributed by atoms with Gasteiger partial charge in [0, 0.05) is 20.3 Å². The highest BCUT2D eigenvalue weighted by atomic mass is 16.5. The van der Waals surface area contributed by atoms with Crippen molar-refractivity contribution in [1.82, 2.24) is 0 Å². The Kier molecular flexibility index (Phi) is 35.7. The minimum absolute atomic E-state index is 0.384. The van der Waals surface area contributed by atoms with E-state index in [1.807, 2.05) is 0 Å². The van der Waals surface area contributed by atoms with E-state index >= 15 is 0 Å². The number of hydrogen-bond donors (Lipinski definition) is 0. The largest absolute Gasteiger partial charge is 0.381 e. The Morgan fingerprint density at radius 3 is 1.02 bits per heavy atom. The van der Waals surface area contributed by atoms with Crippen molar-refractivity contribution < 1.29 is 9.47 Å². The Balaban J connectivity index is -0.000000655. The molecule has 0 aliphatic carbocycles. The molecular formula is C56H112O2. The van der Waals surface area contributed by atoms with E-state index < -0.39 is 0 Å². The second kappa shape index (κ2) is 33.7. The lowest BCUT2D eigenvalue weighted by molar-refractivity contribution is 0.0253. The molecule has 2 unspecified atom stereocenters. The van der Waals surface area contributed by atoms with Crippen LogP contribution in [0.2, 0.25) is 0 Å². The molecule has 1 aromatic carbocycles. The molecule has 0 saturated carbocycles. The molecule has 1 aliphatic rings. The first-order chi connectivity index (χ1) is 26.7. The zero-order valence-electron chi connectivity index (χ0n) is 44.7. The number of rotatable bonds is 17. The van der Waals surface area contributed by atoms with Gasteiger partial charge < -0.3 is 9.47 Å². The fraction of sp³-hybridized carbons (Fsp3) is 0.893. The zero-order valence-corrected chi connectivity index (χ0v) is 44.7. The van der Waals surface area contributed by atoms with Crippen LogP contribution < -0.4 is 0 Å². The maximum absolute atomic E-state index is 5.41. The van der Waals surface area contributed by atoms with Crippen LogP contribution in [-0.2, 0) is 9.47 Å². The van der Waals surface area contributed by atoms with Gasteiger partial charge in [-0.1, -0.05) is 203 Å². The molecule has 0 N–H and O–H groups in total. The average molecular weight is 818 g/mol. The van der Waals surface area contributed by atoms with Gasteiger partial charge in [-0.25, -0.2) is 0 Å². The van der Waals surface area contributed by atoms with E-state index in [2.05, 4.69) is 203 Å². The molecule has 0 bridgehead atoms. The number of hydrogen-bond acceptors (Lipinski definition) is 2. The highest BCUT2D eigenvalue weighted by Gasteiger charge is 2.29. The molecule has 1 fully saturated rings. The van der Waals surface area contributed by atoms with E-state index in [-0.39, 0.29) is 0 Å². The van der Waals surface area contributed by atoms with Crippen molar-refractivity contribution >= 4 is 0 Å². The normalized spacial score (nSPS) is 15.1. The Morgan fingerprint density at radius 2 is 0.810 bits per heavy atom. The maximum atomic E-state index is 5.41. The van der Waals surface area contributed by atoms with E-state index in [1.165, 1.54) is 24.8 Å². The van der Waals surface area contributed by atoms with Gasteiger partial charge in [0.2, 0.25) is 0 Å². The molecule has 1 saturated heterocycles. The summed E-state index contributed by atoms with van der Waals surface area (Å²) in [6, 6.07) is 10.8. The second-order valence-corrected chi connectivity index (χ2v) is 22.2. The van der Waals surface area contributed by atoms with Gasteiger partial charge in [0.15, 0.2) is 0 Å². The van der Waals surface area contributed by atoms with Crippen molar-refractivity contribution in [2.45, 2.75) is 204 Å². The summed E-state index contributed by atoms with van der Waals surface area (Å²) in [7, 11) is 1.79. The fourth-order valence-electron chi connectivity index (χ4n) is 11.9. The summed E-state index contributed by atoms with van der Waals surface area (Å²) >= 11 is 0. The number of methoxy groups -OCH3 is 1. The number of benzene rings is 1. The van der Waals surface area contributed by atoms with Crippen molar-refractivity contribution in [2.75, 3.05) is 20.3 Å². The van der Waals surface area contributed by atoms with Crippen LogP contribution in [0.5, 0.6) is 0 Å². The highest BCUT2D eigenvalue weighted by molar-refractivity contribution is 5.20. The zero-order chi connectivity index (χ0) is 46.0. The molecule has 2 rings (SSSR count). The smallest absolute Gasteiger partial charge is 0.0576 e. The van der Waals surface area contributed by atoms with Crippen molar-refractivity contribution in [3.63, 3.8) is 0 Å². The average Bonchev–Trinajstić information content (AvgIpc) is 3.08. The standard InChI is InChI=1S/C13H20.C12H24O.C11H24.C10H22O.C10H22/c1-10(2)13(11(3)4)12-8-6-5-7-9-12;1-9(2)12(10(3)4)11-5-7-13-8-6-11;1-7-10(6)11(8(2)3)9(4)5;1-7(2)10(8(3)4)9(5)11-6;1-7(2)10(8(3)4)9(5)6/h5-11,13H,1-4H3;9-12H,5-8H2,1-4H3;8-11H,7H2,1-6H3;7-10H,1-6H3;7-10H,1-6H3. The summed E-state index contributed by atoms with van der Waals surface area (Å²) in [6.07, 6.45) is 4.26. The predicted molar refractivity (Wildman–Crippen MR) is 266 cm³/mol. The number of ether oxygens (including phenoxy) is 2. The van der Waals surface area contributed by atoms with Crippen LogP contribution in [0.4, 0.5) is 0 Å². The SMILES string of the molecule is CC(C)C(C(C)C)C(C)C.CC(C)C(C(C)C)C1CCOCC1.CC(C)C(c1ccccc1)C(C)C.CCC(C)C(C(C)C)C(C)C.COC(C)C(C(C)C)C(C)C. The molecule has 2 nitrogen and oxygen atoms in total. The van der Waals surface area contributed by atoms with Crippen LogP contribution in [0, 0.1) is 101 Å². The Bertz CT molecular complexity index is 933. The minimum Gasteiger partial charge on any atom is -0.381 e. The van der Waals surface area contributed by atoms with Crippen LogP contribution in [0.15, 0.2) is 30.3 Å². The van der Waals surface area contributed by atoms with Crippen LogP contribution >= 0.6 is 0 Å². The maximum Gasteiger partial charge on any atom is 0.0576 e. The van der Waals surface area contributed by atoms with Crippen molar-refractivity contribution in [3.8, 4) is 0 Å². The molecule has 1 aromatic rings. The molecule has 0 aromatic heterocycles. The molecule has 0 amide bonds. The first kappa shape index (κ1) is 61.4. The summed E-state index contributed by atoms with van der Waals surface area (Å²) in [5.41, 5.74) is 1.48. The van der Waals surface area contributed by atoms with E-state index in [1.54, 1.807) is 7.11 Å². The first-order valence-corrected chi connectivity index (χ1v) is 24.9. The van der Waals surface area contributed by atoms with Crippen LogP contribution in [0.1, 0.15) is 204 Å². The van der Waals surface area contributed by atoms with Crippen LogP contribution in [0.25, 0.3) is 0 Å². The Labute approximate surface area is 369 Å². The molecule has 2 atom stereocenters. The van der Waals surface area contributed by atoms with Crippen molar-refractivity contribution in [2.24, 2.45) is 101 Å². The third-order valence-corrected chi connectivity index (χ3v) is 13.6. The lowest BCUT2D eigenvalue weighted by Gasteiger charge is -2.35. The molecule has 58 heavy (non-hydrogen) atoms. The fourth-order valence-corrected chi connectivity index (χ4v) is 11.9. The molecule has 1 aliphatic heterocycles. The monoisotopic (exact) mass is 817 g/mol. The summed E-state index contributed by atoms with van der Waals surface area (Å²) in [5, 5.41) is 0. The molecule has 348 valence electrons. The summed E-state index contributed by atoms with van der Waals surface area (Å²) in [6.45, 7) is 59.8. The molecule has 0 spiro atoms. The van der Waals surface area contributed by atoms with Crippen molar-refractivity contribution in [3.05, 3.63) is 35.9 Å². The van der Waals surface area contributed by atoms with E-state index in [4.69, 9.17) is 9.47 Å². The van der Waals surface area contributed by atoms with Crippen LogP contribution in [-0.4, -0.2) is 26.4 Å². The first-order valence-electron chi connectivity index (χ1n) is 24.9. The van der Waals surface area contributed by atoms with E-state index in [0.29, 0.717) is 29.8 Å². The molecule has 2 heteroatoms. The van der Waals surface area contributed by atoms with Gasteiger partial charge in [0.1, 0.15) is 0 Å². The third-order valence-electron chi connectivity index (χ3n) is 13.6. The Hall–Kier alpha value is -0.860. The lowest BCUT2D eigenvalue weighted by Crippen LogP contribution is -2.30. The van der Waals surface area contributed by atoms with Gasteiger partial charge in [-0.3, -0.25) is 0 Å². The minimum atomic E-state index is 0.384. The molecule has 1 heterocycles. The quantitative estimate of drug-likeness (QED) is 0.156. The van der Waals surface area contributed by atoms with Gasteiger partial charge in [-0.15, -0.1) is 0 Å². The second-order valence-electron chi connectivity index (χ2n) is 22.2. The lowest BCUT2D eigenvalue weighted by atomic mass is 9.73. The van der Waals surface area contributed by atoms with Crippen LogP contribution in [0.3, 0.4) is 0 Å². The van der Waals surface area contributed by atoms with Crippen molar-refractivity contribution in [1.29, 1.82) is 0 Å². The van der Waals surface area contributed by atoms with Gasteiger partial charge in [-0.05, 0) is 132 Å². The van der Waals surface area contributed by atoms with Gasteiger partial charge in [-0.2, -0.15) is 0 Å². The van der Waals surface area contributed by atoms with Gasteiger partial charge >= 0.3 is 0 Å². The topological polar surface area (TPSA) is 18.5 Å². The van der Waals surface area contributed by atoms with Gasteiger partial charge in [0.25, 0.3) is 0 Å². The van der Waals surface area contributed by atoms with Gasteiger partial charge in [0.05, 0.1) is 6.10 Å². The summed E-state index contributed by atoms with van der Waals surface area (Å²) in [4.78, 5) is 0.